The minimum absolute atomic E-state index is 0.0659. The largest absolute Gasteiger partial charge is 0.395 e. The molecule has 0 spiro atoms. The third-order valence-corrected chi connectivity index (χ3v) is 4.08. The lowest BCUT2D eigenvalue weighted by Gasteiger charge is -2.48. The number of nitrogens with zero attached hydrogens (tertiary/aromatic N) is 1. The van der Waals surface area contributed by atoms with Gasteiger partial charge in [-0.2, -0.15) is 0 Å². The van der Waals surface area contributed by atoms with Gasteiger partial charge in [-0.3, -0.25) is 0 Å². The van der Waals surface area contributed by atoms with Crippen LogP contribution >= 0.6 is 0 Å². The van der Waals surface area contributed by atoms with E-state index >= 15 is 0 Å². The average Bonchev–Trinajstić information content (AvgIpc) is 2.30. The Labute approximate surface area is 116 Å². The van der Waals surface area contributed by atoms with E-state index in [4.69, 9.17) is 0 Å². The van der Waals surface area contributed by atoms with Crippen LogP contribution < -0.4 is 10.2 Å². The molecule has 106 valence electrons. The number of hydrogen-bond acceptors (Lipinski definition) is 3. The maximum atomic E-state index is 9.42. The highest BCUT2D eigenvalue weighted by molar-refractivity contribution is 5.62. The summed E-state index contributed by atoms with van der Waals surface area (Å²) in [6.45, 7) is 13.0. The number of hydrogen-bond donors (Lipinski definition) is 2. The van der Waals surface area contributed by atoms with Crippen molar-refractivity contribution >= 4 is 5.69 Å². The van der Waals surface area contributed by atoms with Crippen LogP contribution in [0.15, 0.2) is 12.1 Å². The minimum Gasteiger partial charge on any atom is -0.395 e. The molecule has 3 nitrogen and oxygen atoms in total. The second-order valence-corrected chi connectivity index (χ2v) is 6.43. The third kappa shape index (κ3) is 2.77. The Morgan fingerprint density at radius 1 is 1.26 bits per heavy atom. The van der Waals surface area contributed by atoms with E-state index < -0.39 is 0 Å². The van der Waals surface area contributed by atoms with Crippen LogP contribution in [0.5, 0.6) is 0 Å². The van der Waals surface area contributed by atoms with E-state index in [0.29, 0.717) is 0 Å². The van der Waals surface area contributed by atoms with E-state index in [1.54, 1.807) is 0 Å². The number of anilines is 1. The fourth-order valence-electron chi connectivity index (χ4n) is 3.14. The Morgan fingerprint density at radius 3 is 2.37 bits per heavy atom. The predicted octanol–water partition coefficient (Wildman–Crippen LogP) is 2.16. The summed E-state index contributed by atoms with van der Waals surface area (Å²) in [5.74, 6) is 0. The summed E-state index contributed by atoms with van der Waals surface area (Å²) in [7, 11) is 0. The van der Waals surface area contributed by atoms with E-state index in [1.165, 1.54) is 22.4 Å². The van der Waals surface area contributed by atoms with Gasteiger partial charge in [-0.25, -0.2) is 0 Å². The number of benzene rings is 1. The van der Waals surface area contributed by atoms with Gasteiger partial charge in [-0.15, -0.1) is 0 Å². The van der Waals surface area contributed by atoms with Gasteiger partial charge in [-0.1, -0.05) is 17.7 Å². The van der Waals surface area contributed by atoms with Crippen molar-refractivity contribution in [3.8, 4) is 0 Å². The zero-order valence-electron chi connectivity index (χ0n) is 12.7. The van der Waals surface area contributed by atoms with Gasteiger partial charge in [0.1, 0.15) is 0 Å². The Morgan fingerprint density at radius 2 is 1.84 bits per heavy atom. The lowest BCUT2D eigenvalue weighted by molar-refractivity contribution is 0.209. The molecule has 1 aromatic rings. The highest BCUT2D eigenvalue weighted by atomic mass is 16.3. The van der Waals surface area contributed by atoms with Gasteiger partial charge in [0.15, 0.2) is 0 Å². The number of rotatable bonds is 2. The van der Waals surface area contributed by atoms with Crippen molar-refractivity contribution in [2.75, 3.05) is 24.6 Å². The molecule has 3 heteroatoms. The van der Waals surface area contributed by atoms with Crippen LogP contribution in [0.4, 0.5) is 5.69 Å². The number of aliphatic hydroxyl groups excluding tert-OH is 1. The molecule has 2 N–H and O–H groups in total. The summed E-state index contributed by atoms with van der Waals surface area (Å²) < 4.78 is 0. The first kappa shape index (κ1) is 14.4. The summed E-state index contributed by atoms with van der Waals surface area (Å²) >= 11 is 0. The topological polar surface area (TPSA) is 35.5 Å². The zero-order valence-corrected chi connectivity index (χ0v) is 12.7. The molecule has 0 aromatic heterocycles. The summed E-state index contributed by atoms with van der Waals surface area (Å²) in [5.41, 5.74) is 5.35. The fourth-order valence-corrected chi connectivity index (χ4v) is 3.14. The van der Waals surface area contributed by atoms with Crippen LogP contribution in [0.25, 0.3) is 0 Å². The molecule has 0 radical (unpaired) electrons. The molecule has 1 saturated heterocycles. The maximum Gasteiger partial charge on any atom is 0.0601 e. The van der Waals surface area contributed by atoms with Gasteiger partial charge in [-0.05, 0) is 45.7 Å². The standard InChI is InChI=1S/C16H26N2O/c1-11-6-12(2)15(13(3)7-11)18-8-14(9-19)17-10-16(18,4)5/h6-7,14,17,19H,8-10H2,1-5H3. The second kappa shape index (κ2) is 5.14. The number of piperazine rings is 1. The lowest BCUT2D eigenvalue weighted by Crippen LogP contribution is -2.63. The van der Waals surface area contributed by atoms with Gasteiger partial charge in [0.25, 0.3) is 0 Å². The summed E-state index contributed by atoms with van der Waals surface area (Å²) in [4.78, 5) is 2.45. The van der Waals surface area contributed by atoms with Crippen molar-refractivity contribution in [3.05, 3.63) is 28.8 Å². The molecule has 0 aliphatic carbocycles. The van der Waals surface area contributed by atoms with E-state index in [-0.39, 0.29) is 18.2 Å². The first-order valence-corrected chi connectivity index (χ1v) is 7.05. The lowest BCUT2D eigenvalue weighted by atomic mass is 9.93. The van der Waals surface area contributed by atoms with Crippen LogP contribution in [-0.2, 0) is 0 Å². The number of aryl methyl sites for hydroxylation is 3. The molecule has 1 aromatic carbocycles. The van der Waals surface area contributed by atoms with E-state index in [1.807, 2.05) is 0 Å². The van der Waals surface area contributed by atoms with Gasteiger partial charge in [0, 0.05) is 30.4 Å². The van der Waals surface area contributed by atoms with Crippen molar-refractivity contribution in [1.82, 2.24) is 5.32 Å². The zero-order chi connectivity index (χ0) is 14.2. The highest BCUT2D eigenvalue weighted by Crippen LogP contribution is 2.33. The molecule has 0 amide bonds. The molecule has 1 unspecified atom stereocenters. The summed E-state index contributed by atoms with van der Waals surface area (Å²) in [5, 5.41) is 12.8. The SMILES string of the molecule is Cc1cc(C)c(N2CC(CO)NCC2(C)C)c(C)c1. The van der Waals surface area contributed by atoms with Gasteiger partial charge in [0.2, 0.25) is 0 Å². The van der Waals surface area contributed by atoms with Gasteiger partial charge >= 0.3 is 0 Å². The monoisotopic (exact) mass is 262 g/mol. The van der Waals surface area contributed by atoms with Crippen molar-refractivity contribution in [2.24, 2.45) is 0 Å². The van der Waals surface area contributed by atoms with E-state index in [0.717, 1.165) is 13.1 Å². The van der Waals surface area contributed by atoms with E-state index in [9.17, 15) is 5.11 Å². The molecular formula is C16H26N2O. The van der Waals surface area contributed by atoms with Crippen LogP contribution in [0.1, 0.15) is 30.5 Å². The third-order valence-electron chi connectivity index (χ3n) is 4.08. The number of aliphatic hydroxyl groups is 1. The maximum absolute atomic E-state index is 9.42. The van der Waals surface area contributed by atoms with Gasteiger partial charge in [0.05, 0.1) is 6.61 Å². The number of nitrogens with one attached hydrogen (secondary N) is 1. The molecule has 1 heterocycles. The Hall–Kier alpha value is -1.06. The van der Waals surface area contributed by atoms with Crippen molar-refractivity contribution in [3.63, 3.8) is 0 Å². The van der Waals surface area contributed by atoms with Crippen molar-refractivity contribution in [1.29, 1.82) is 0 Å². The minimum atomic E-state index is 0.0659. The van der Waals surface area contributed by atoms with Crippen molar-refractivity contribution in [2.45, 2.75) is 46.2 Å². The molecule has 1 fully saturated rings. The quantitative estimate of drug-likeness (QED) is 0.857. The predicted molar refractivity (Wildman–Crippen MR) is 81.0 cm³/mol. The van der Waals surface area contributed by atoms with Crippen molar-refractivity contribution < 1.29 is 5.11 Å². The smallest absolute Gasteiger partial charge is 0.0601 e. The highest BCUT2D eigenvalue weighted by Gasteiger charge is 2.35. The molecule has 1 aliphatic heterocycles. The molecule has 0 bridgehead atoms. The fraction of sp³-hybridized carbons (Fsp3) is 0.625. The molecule has 1 atom stereocenters. The Bertz CT molecular complexity index is 445. The Kier molecular flexibility index (Phi) is 3.88. The van der Waals surface area contributed by atoms with Crippen LogP contribution in [0.3, 0.4) is 0 Å². The average molecular weight is 262 g/mol. The first-order chi connectivity index (χ1) is 8.85. The molecule has 0 saturated carbocycles. The molecule has 1 aliphatic rings. The first-order valence-electron chi connectivity index (χ1n) is 7.05. The second-order valence-electron chi connectivity index (χ2n) is 6.43. The molecule has 19 heavy (non-hydrogen) atoms. The normalized spacial score (nSPS) is 22.6. The Balaban J connectivity index is 2.43. The summed E-state index contributed by atoms with van der Waals surface area (Å²) in [6.07, 6.45) is 0. The van der Waals surface area contributed by atoms with E-state index in [2.05, 4.69) is 57.0 Å². The van der Waals surface area contributed by atoms with Gasteiger partial charge < -0.3 is 15.3 Å². The van der Waals surface area contributed by atoms with Crippen LogP contribution in [-0.4, -0.2) is 36.4 Å². The summed E-state index contributed by atoms with van der Waals surface area (Å²) in [6, 6.07) is 4.65. The van der Waals surface area contributed by atoms with Crippen LogP contribution in [0, 0.1) is 20.8 Å². The molecular weight excluding hydrogens is 236 g/mol. The molecule has 2 rings (SSSR count). The van der Waals surface area contributed by atoms with Crippen LogP contribution in [0.2, 0.25) is 0 Å².